The third-order valence-electron chi connectivity index (χ3n) is 1.60. The minimum absolute atomic E-state index is 0.0443. The molecule has 0 fully saturated rings. The second-order valence-electron chi connectivity index (χ2n) is 2.67. The maximum Gasteiger partial charge on any atom is 0.176 e. The minimum atomic E-state index is -3.36. The molecule has 0 heterocycles. The molecule has 1 rings (SSSR count). The molecule has 1 N–H and O–H groups in total. The average molecular weight is 234 g/mol. The highest BCUT2D eigenvalue weighted by Crippen LogP contribution is 2.21. The third-order valence-corrected chi connectivity index (χ3v) is 3.08. The van der Waals surface area contributed by atoms with E-state index in [1.807, 2.05) is 0 Å². The summed E-state index contributed by atoms with van der Waals surface area (Å²) in [6.45, 7) is 0. The highest BCUT2D eigenvalue weighted by atomic mass is 35.5. The van der Waals surface area contributed by atoms with E-state index in [1.54, 1.807) is 0 Å². The highest BCUT2D eigenvalue weighted by molar-refractivity contribution is 7.90. The maximum absolute atomic E-state index is 11.3. The first-order chi connectivity index (χ1) is 6.46. The van der Waals surface area contributed by atoms with Crippen molar-refractivity contribution in [3.05, 3.63) is 28.8 Å². The second kappa shape index (κ2) is 3.98. The summed E-state index contributed by atoms with van der Waals surface area (Å²) in [6.07, 6.45) is 2.06. The van der Waals surface area contributed by atoms with Gasteiger partial charge in [0.1, 0.15) is 0 Å². The van der Waals surface area contributed by atoms with Crippen LogP contribution in [0.25, 0.3) is 0 Å². The molecule has 6 heteroatoms. The SMILES string of the molecule is CS(=O)(=O)c1cccc(Cl)c1C=NO. The van der Waals surface area contributed by atoms with Gasteiger partial charge >= 0.3 is 0 Å². The largest absolute Gasteiger partial charge is 0.411 e. The van der Waals surface area contributed by atoms with E-state index in [2.05, 4.69) is 5.16 Å². The number of oxime groups is 1. The molecule has 0 radical (unpaired) electrons. The van der Waals surface area contributed by atoms with Crippen LogP contribution in [0.4, 0.5) is 0 Å². The number of sulfone groups is 1. The van der Waals surface area contributed by atoms with Crippen molar-refractivity contribution in [1.29, 1.82) is 0 Å². The van der Waals surface area contributed by atoms with Gasteiger partial charge in [-0.05, 0) is 12.1 Å². The van der Waals surface area contributed by atoms with Crippen LogP contribution in [0, 0.1) is 0 Å². The van der Waals surface area contributed by atoms with Crippen molar-refractivity contribution in [2.45, 2.75) is 4.90 Å². The normalized spacial score (nSPS) is 12.1. The summed E-state index contributed by atoms with van der Waals surface area (Å²) in [7, 11) is -3.36. The first-order valence-electron chi connectivity index (χ1n) is 3.63. The molecule has 0 saturated heterocycles. The van der Waals surface area contributed by atoms with E-state index in [9.17, 15) is 8.42 Å². The van der Waals surface area contributed by atoms with Gasteiger partial charge in [0.25, 0.3) is 0 Å². The first-order valence-corrected chi connectivity index (χ1v) is 5.89. The van der Waals surface area contributed by atoms with Crippen LogP contribution in [0.5, 0.6) is 0 Å². The Morgan fingerprint density at radius 2 is 2.14 bits per heavy atom. The Bertz CT molecular complexity index is 467. The molecule has 76 valence electrons. The molecule has 0 aromatic heterocycles. The van der Waals surface area contributed by atoms with Gasteiger partial charge in [-0.15, -0.1) is 0 Å². The Kier molecular flexibility index (Phi) is 3.13. The molecule has 0 bridgehead atoms. The predicted octanol–water partition coefficient (Wildman–Crippen LogP) is 1.55. The van der Waals surface area contributed by atoms with Gasteiger partial charge in [0.2, 0.25) is 0 Å². The van der Waals surface area contributed by atoms with Crippen LogP contribution in [0.15, 0.2) is 28.3 Å². The molecule has 1 aromatic rings. The monoisotopic (exact) mass is 233 g/mol. The van der Waals surface area contributed by atoms with Crippen LogP contribution in [0.2, 0.25) is 5.02 Å². The number of rotatable bonds is 2. The summed E-state index contributed by atoms with van der Waals surface area (Å²) in [5.41, 5.74) is 0.194. The minimum Gasteiger partial charge on any atom is -0.411 e. The summed E-state index contributed by atoms with van der Waals surface area (Å²) < 4.78 is 22.6. The molecule has 1 aromatic carbocycles. The fraction of sp³-hybridized carbons (Fsp3) is 0.125. The summed E-state index contributed by atoms with van der Waals surface area (Å²) in [6, 6.07) is 4.44. The Morgan fingerprint density at radius 1 is 1.50 bits per heavy atom. The molecule has 0 saturated carbocycles. The van der Waals surface area contributed by atoms with Gasteiger partial charge < -0.3 is 5.21 Å². The smallest absolute Gasteiger partial charge is 0.176 e. The van der Waals surface area contributed by atoms with Crippen LogP contribution in [0.3, 0.4) is 0 Å². The lowest BCUT2D eigenvalue weighted by atomic mass is 10.2. The van der Waals surface area contributed by atoms with Crippen LogP contribution < -0.4 is 0 Å². The summed E-state index contributed by atoms with van der Waals surface area (Å²) in [4.78, 5) is 0.0443. The topological polar surface area (TPSA) is 66.7 Å². The fourth-order valence-electron chi connectivity index (χ4n) is 1.02. The van der Waals surface area contributed by atoms with Gasteiger partial charge in [-0.1, -0.05) is 22.8 Å². The molecule has 0 aliphatic carbocycles. The second-order valence-corrected chi connectivity index (χ2v) is 5.06. The summed E-state index contributed by atoms with van der Waals surface area (Å²) >= 11 is 5.75. The van der Waals surface area contributed by atoms with Gasteiger partial charge in [-0.3, -0.25) is 0 Å². The zero-order valence-corrected chi connectivity index (χ0v) is 8.88. The van der Waals surface area contributed by atoms with Gasteiger partial charge in [-0.2, -0.15) is 0 Å². The summed E-state index contributed by atoms with van der Waals surface area (Å²) in [5.74, 6) is 0. The Morgan fingerprint density at radius 3 is 2.64 bits per heavy atom. The summed E-state index contributed by atoms with van der Waals surface area (Å²) in [5, 5.41) is 11.3. The van der Waals surface area contributed by atoms with E-state index < -0.39 is 9.84 Å². The molecule has 0 aliphatic heterocycles. The van der Waals surface area contributed by atoms with Crippen LogP contribution in [-0.4, -0.2) is 26.1 Å². The fourth-order valence-corrected chi connectivity index (χ4v) is 2.19. The molecule has 0 amide bonds. The van der Waals surface area contributed by atoms with Gasteiger partial charge in [0.05, 0.1) is 16.1 Å². The molecule has 4 nitrogen and oxygen atoms in total. The van der Waals surface area contributed by atoms with Crippen LogP contribution in [-0.2, 0) is 9.84 Å². The molecule has 14 heavy (non-hydrogen) atoms. The van der Waals surface area contributed by atoms with E-state index in [4.69, 9.17) is 16.8 Å². The van der Waals surface area contributed by atoms with E-state index in [0.29, 0.717) is 0 Å². The first kappa shape index (κ1) is 11.0. The predicted molar refractivity (Wildman–Crippen MR) is 53.9 cm³/mol. The van der Waals surface area contributed by atoms with Crippen molar-refractivity contribution in [3.63, 3.8) is 0 Å². The lowest BCUT2D eigenvalue weighted by Gasteiger charge is -2.03. The Balaban J connectivity index is 3.52. The molecular formula is C8H8ClNO3S. The zero-order valence-electron chi connectivity index (χ0n) is 7.31. The molecule has 0 atom stereocenters. The standard InChI is InChI=1S/C8H8ClNO3S/c1-14(12,13)8-4-2-3-7(9)6(8)5-10-11/h2-5,11H,1H3. The van der Waals surface area contributed by atoms with Crippen molar-refractivity contribution >= 4 is 27.7 Å². The number of hydrogen-bond donors (Lipinski definition) is 1. The average Bonchev–Trinajstić information content (AvgIpc) is 2.07. The van der Waals surface area contributed by atoms with Crippen molar-refractivity contribution in [2.75, 3.05) is 6.26 Å². The van der Waals surface area contributed by atoms with E-state index in [1.165, 1.54) is 18.2 Å². The highest BCUT2D eigenvalue weighted by Gasteiger charge is 2.14. The van der Waals surface area contributed by atoms with Gasteiger partial charge in [0, 0.05) is 11.8 Å². The molecule has 0 unspecified atom stereocenters. The van der Waals surface area contributed by atoms with Crippen molar-refractivity contribution < 1.29 is 13.6 Å². The van der Waals surface area contributed by atoms with Gasteiger partial charge in [-0.25, -0.2) is 8.42 Å². The number of halogens is 1. The van der Waals surface area contributed by atoms with E-state index in [-0.39, 0.29) is 15.5 Å². The van der Waals surface area contributed by atoms with Crippen molar-refractivity contribution in [2.24, 2.45) is 5.16 Å². The molecule has 0 aliphatic rings. The lowest BCUT2D eigenvalue weighted by Crippen LogP contribution is -2.02. The Labute approximate surface area is 86.7 Å². The molecular weight excluding hydrogens is 226 g/mol. The zero-order chi connectivity index (χ0) is 10.8. The Hall–Kier alpha value is -1.07. The maximum atomic E-state index is 11.3. The number of benzene rings is 1. The van der Waals surface area contributed by atoms with E-state index >= 15 is 0 Å². The number of hydrogen-bond acceptors (Lipinski definition) is 4. The lowest BCUT2D eigenvalue weighted by molar-refractivity contribution is 0.322. The molecule has 0 spiro atoms. The quantitative estimate of drug-likeness (QED) is 0.479. The third kappa shape index (κ3) is 2.24. The van der Waals surface area contributed by atoms with Crippen LogP contribution >= 0.6 is 11.6 Å². The number of nitrogens with zero attached hydrogens (tertiary/aromatic N) is 1. The van der Waals surface area contributed by atoms with Crippen LogP contribution in [0.1, 0.15) is 5.56 Å². The van der Waals surface area contributed by atoms with E-state index in [0.717, 1.165) is 12.5 Å². The van der Waals surface area contributed by atoms with Crippen molar-refractivity contribution in [3.8, 4) is 0 Å². The van der Waals surface area contributed by atoms with Gasteiger partial charge in [0.15, 0.2) is 9.84 Å². The van der Waals surface area contributed by atoms with Crippen molar-refractivity contribution in [1.82, 2.24) is 0 Å².